The van der Waals surface area contributed by atoms with Crippen molar-refractivity contribution in [3.8, 4) is 0 Å². The average molecular weight is 356 g/mol. The van der Waals surface area contributed by atoms with Gasteiger partial charge in [0, 0.05) is 23.2 Å². The number of hydrogen-bond donors (Lipinski definition) is 2. The SMILES string of the molecule is O=C(CO)c1ccc(CNC2=C(Cl)C(=O)c3ccccc3C2=O)cc1. The molecule has 0 aromatic heterocycles. The average Bonchev–Trinajstić information content (AvgIpc) is 2.66. The van der Waals surface area contributed by atoms with Gasteiger partial charge in [-0.2, -0.15) is 0 Å². The summed E-state index contributed by atoms with van der Waals surface area (Å²) in [4.78, 5) is 36.2. The molecule has 0 bridgehead atoms. The van der Waals surface area contributed by atoms with E-state index in [1.807, 2.05) is 0 Å². The third-order valence-corrected chi connectivity index (χ3v) is 4.31. The highest BCUT2D eigenvalue weighted by molar-refractivity contribution is 6.49. The lowest BCUT2D eigenvalue weighted by Crippen LogP contribution is -2.28. The number of ketones is 3. The standard InChI is InChI=1S/C19H14ClNO4/c20-16-17(19(25)14-4-2-1-3-13(14)18(16)24)21-9-11-5-7-12(8-6-11)15(23)10-22/h1-8,21-22H,9-10H2. The summed E-state index contributed by atoms with van der Waals surface area (Å²) >= 11 is 6.08. The molecule has 2 aromatic carbocycles. The molecule has 3 rings (SSSR count). The number of aliphatic hydroxyl groups is 1. The van der Waals surface area contributed by atoms with E-state index < -0.39 is 6.61 Å². The smallest absolute Gasteiger partial charge is 0.211 e. The van der Waals surface area contributed by atoms with Crippen molar-refractivity contribution in [2.24, 2.45) is 0 Å². The van der Waals surface area contributed by atoms with Crippen LogP contribution in [0.25, 0.3) is 0 Å². The van der Waals surface area contributed by atoms with Gasteiger partial charge in [-0.25, -0.2) is 0 Å². The van der Waals surface area contributed by atoms with Crippen molar-refractivity contribution in [3.63, 3.8) is 0 Å². The van der Waals surface area contributed by atoms with E-state index in [0.29, 0.717) is 16.7 Å². The van der Waals surface area contributed by atoms with E-state index in [0.717, 1.165) is 5.56 Å². The Kier molecular flexibility index (Phi) is 4.79. The van der Waals surface area contributed by atoms with Gasteiger partial charge in [0.05, 0.1) is 0 Å². The van der Waals surface area contributed by atoms with E-state index in [2.05, 4.69) is 5.32 Å². The lowest BCUT2D eigenvalue weighted by molar-refractivity contribution is 0.0903. The molecule has 25 heavy (non-hydrogen) atoms. The first-order valence-corrected chi connectivity index (χ1v) is 7.95. The number of benzene rings is 2. The normalized spacial score (nSPS) is 13.7. The van der Waals surface area contributed by atoms with Crippen LogP contribution >= 0.6 is 11.6 Å². The zero-order valence-electron chi connectivity index (χ0n) is 13.1. The van der Waals surface area contributed by atoms with Gasteiger partial charge in [-0.3, -0.25) is 14.4 Å². The number of hydrogen-bond acceptors (Lipinski definition) is 5. The van der Waals surface area contributed by atoms with Crippen molar-refractivity contribution in [2.75, 3.05) is 6.61 Å². The zero-order valence-corrected chi connectivity index (χ0v) is 13.8. The van der Waals surface area contributed by atoms with Crippen LogP contribution in [0, 0.1) is 0 Å². The minimum Gasteiger partial charge on any atom is -0.388 e. The lowest BCUT2D eigenvalue weighted by atomic mass is 9.92. The van der Waals surface area contributed by atoms with Crippen LogP contribution in [0.3, 0.4) is 0 Å². The van der Waals surface area contributed by atoms with Crippen LogP contribution in [0.5, 0.6) is 0 Å². The third kappa shape index (κ3) is 3.24. The van der Waals surface area contributed by atoms with E-state index in [-0.39, 0.29) is 34.6 Å². The number of nitrogens with one attached hydrogen (secondary N) is 1. The van der Waals surface area contributed by atoms with Gasteiger partial charge in [0.2, 0.25) is 11.6 Å². The van der Waals surface area contributed by atoms with Crippen LogP contribution < -0.4 is 5.32 Å². The van der Waals surface area contributed by atoms with Gasteiger partial charge in [-0.15, -0.1) is 0 Å². The highest BCUT2D eigenvalue weighted by Crippen LogP contribution is 2.27. The number of carbonyl (C=O) groups excluding carboxylic acids is 3. The molecule has 5 nitrogen and oxygen atoms in total. The van der Waals surface area contributed by atoms with Crippen molar-refractivity contribution in [3.05, 3.63) is 81.5 Å². The van der Waals surface area contributed by atoms with Crippen LogP contribution in [0.2, 0.25) is 0 Å². The molecule has 2 N–H and O–H groups in total. The van der Waals surface area contributed by atoms with Gasteiger partial charge in [0.15, 0.2) is 5.78 Å². The molecule has 2 aromatic rings. The molecule has 0 unspecified atom stereocenters. The second kappa shape index (κ2) is 7.01. The summed E-state index contributed by atoms with van der Waals surface area (Å²) in [6.45, 7) is -0.281. The fourth-order valence-electron chi connectivity index (χ4n) is 2.59. The maximum atomic E-state index is 12.5. The minimum atomic E-state index is -0.546. The molecule has 0 amide bonds. The number of allylic oxidation sites excluding steroid dienone is 2. The second-order valence-electron chi connectivity index (χ2n) is 5.52. The molecule has 0 fully saturated rings. The van der Waals surface area contributed by atoms with Crippen LogP contribution in [0.4, 0.5) is 0 Å². The Balaban J connectivity index is 1.79. The van der Waals surface area contributed by atoms with Crippen LogP contribution in [-0.4, -0.2) is 29.1 Å². The maximum absolute atomic E-state index is 12.5. The fourth-order valence-corrected chi connectivity index (χ4v) is 2.85. The van der Waals surface area contributed by atoms with Gasteiger partial charge in [-0.05, 0) is 5.56 Å². The Morgan fingerprint density at radius 3 is 2.16 bits per heavy atom. The Morgan fingerprint density at radius 1 is 0.960 bits per heavy atom. The fraction of sp³-hybridized carbons (Fsp3) is 0.105. The predicted molar refractivity (Wildman–Crippen MR) is 92.7 cm³/mol. The van der Waals surface area contributed by atoms with E-state index in [4.69, 9.17) is 16.7 Å². The van der Waals surface area contributed by atoms with Crippen molar-refractivity contribution >= 4 is 29.0 Å². The third-order valence-electron chi connectivity index (χ3n) is 3.95. The molecule has 0 saturated heterocycles. The molecule has 0 atom stereocenters. The topological polar surface area (TPSA) is 83.5 Å². The summed E-state index contributed by atoms with van der Waals surface area (Å²) < 4.78 is 0. The van der Waals surface area contributed by atoms with E-state index in [1.54, 1.807) is 48.5 Å². The van der Waals surface area contributed by atoms with E-state index in [1.165, 1.54) is 0 Å². The van der Waals surface area contributed by atoms with Gasteiger partial charge in [0.25, 0.3) is 0 Å². The summed E-state index contributed by atoms with van der Waals surface area (Å²) in [5, 5.41) is 11.6. The molecule has 0 saturated carbocycles. The summed E-state index contributed by atoms with van der Waals surface area (Å²) in [6.07, 6.45) is 0. The molecular formula is C19H14ClNO4. The van der Waals surface area contributed by atoms with E-state index >= 15 is 0 Å². The monoisotopic (exact) mass is 355 g/mol. The molecule has 6 heteroatoms. The number of fused-ring (bicyclic) bond motifs is 1. The first-order valence-electron chi connectivity index (χ1n) is 7.58. The molecule has 0 heterocycles. The minimum absolute atomic E-state index is 0.0703. The van der Waals surface area contributed by atoms with Gasteiger partial charge in [0.1, 0.15) is 17.3 Å². The molecule has 0 radical (unpaired) electrons. The van der Waals surface area contributed by atoms with Crippen LogP contribution in [0.15, 0.2) is 59.3 Å². The first-order chi connectivity index (χ1) is 12.0. The molecule has 126 valence electrons. The highest BCUT2D eigenvalue weighted by atomic mass is 35.5. The summed E-state index contributed by atoms with van der Waals surface area (Å²) in [5.41, 5.74) is 1.89. The summed E-state index contributed by atoms with van der Waals surface area (Å²) in [6, 6.07) is 13.1. The Hall–Kier alpha value is -2.76. The van der Waals surface area contributed by atoms with Crippen molar-refractivity contribution in [1.82, 2.24) is 5.32 Å². The first kappa shape index (κ1) is 17.1. The Labute approximate surface area is 148 Å². The van der Waals surface area contributed by atoms with Gasteiger partial charge in [-0.1, -0.05) is 60.1 Å². The molecular weight excluding hydrogens is 342 g/mol. The molecule has 0 aliphatic heterocycles. The largest absolute Gasteiger partial charge is 0.388 e. The number of rotatable bonds is 5. The summed E-state index contributed by atoms with van der Waals surface area (Å²) in [7, 11) is 0. The van der Waals surface area contributed by atoms with E-state index in [9.17, 15) is 14.4 Å². The number of carbonyl (C=O) groups is 3. The second-order valence-corrected chi connectivity index (χ2v) is 5.90. The lowest BCUT2D eigenvalue weighted by Gasteiger charge is -2.19. The van der Waals surface area contributed by atoms with Crippen molar-refractivity contribution in [2.45, 2.75) is 6.54 Å². The van der Waals surface area contributed by atoms with Crippen molar-refractivity contribution in [1.29, 1.82) is 0 Å². The number of halogens is 1. The molecule has 1 aliphatic rings. The highest BCUT2D eigenvalue weighted by Gasteiger charge is 2.30. The molecule has 1 aliphatic carbocycles. The maximum Gasteiger partial charge on any atom is 0.211 e. The number of aliphatic hydroxyl groups excluding tert-OH is 1. The Bertz CT molecular complexity index is 900. The predicted octanol–water partition coefficient (Wildman–Crippen LogP) is 2.48. The van der Waals surface area contributed by atoms with Gasteiger partial charge >= 0.3 is 0 Å². The van der Waals surface area contributed by atoms with Gasteiger partial charge < -0.3 is 10.4 Å². The summed E-state index contributed by atoms with van der Waals surface area (Å²) in [5.74, 6) is -1.08. The van der Waals surface area contributed by atoms with Crippen molar-refractivity contribution < 1.29 is 19.5 Å². The zero-order chi connectivity index (χ0) is 18.0. The quantitative estimate of drug-likeness (QED) is 0.805. The van der Waals surface area contributed by atoms with Crippen LogP contribution in [-0.2, 0) is 6.54 Å². The molecule has 0 spiro atoms. The number of Topliss-reactive ketones (excluding diaryl/α,β-unsaturated/α-hetero) is 3. The van der Waals surface area contributed by atoms with Crippen LogP contribution in [0.1, 0.15) is 36.6 Å². The Morgan fingerprint density at radius 2 is 1.56 bits per heavy atom.